The summed E-state index contributed by atoms with van der Waals surface area (Å²) < 4.78 is 28.4. The molecule has 0 radical (unpaired) electrons. The van der Waals surface area contributed by atoms with E-state index >= 15 is 4.39 Å². The molecule has 0 spiro atoms. The zero-order valence-corrected chi connectivity index (χ0v) is 24.4. The van der Waals surface area contributed by atoms with Gasteiger partial charge < -0.3 is 9.47 Å². The Labute approximate surface area is 251 Å². The molecule has 3 rings (SSSR count). The van der Waals surface area contributed by atoms with Crippen LogP contribution in [0.3, 0.4) is 0 Å². The number of aromatic nitrogens is 2. The molecule has 3 aromatic rings. The van der Waals surface area contributed by atoms with Gasteiger partial charge in [0.25, 0.3) is 6.01 Å². The number of benzene rings is 2. The standard InChI is InChI=1S/C31H39FN2O4S.2CH4/c1-6-26-27(15-16-28(35)29(39)17-20(4)5)34(31(33-26)38-8-3)19-22-14-13-21(18-25(22)32)23-11-9-10-12-24(23)30(36)37-7-2;;/h9-14,18,20,29,39H,6-8,15-17,19H2,1-5H3;2*1H4. The lowest BCUT2D eigenvalue weighted by Crippen LogP contribution is -2.18. The van der Waals surface area contributed by atoms with Crippen molar-refractivity contribution in [1.82, 2.24) is 9.55 Å². The zero-order valence-electron chi connectivity index (χ0n) is 23.5. The van der Waals surface area contributed by atoms with E-state index in [0.29, 0.717) is 60.1 Å². The average Bonchev–Trinajstić information content (AvgIpc) is 3.24. The smallest absolute Gasteiger partial charge is 0.338 e. The summed E-state index contributed by atoms with van der Waals surface area (Å²) >= 11 is 4.51. The lowest BCUT2D eigenvalue weighted by Gasteiger charge is -2.15. The summed E-state index contributed by atoms with van der Waals surface area (Å²) in [4.78, 5) is 29.9. The summed E-state index contributed by atoms with van der Waals surface area (Å²) in [7, 11) is 0. The number of imidazole rings is 1. The Morgan fingerprint density at radius 3 is 2.37 bits per heavy atom. The van der Waals surface area contributed by atoms with Crippen molar-refractivity contribution in [2.24, 2.45) is 5.92 Å². The molecule has 1 heterocycles. The number of ether oxygens (including phenoxy) is 2. The van der Waals surface area contributed by atoms with Crippen LogP contribution in [0.4, 0.5) is 4.39 Å². The minimum Gasteiger partial charge on any atom is -0.465 e. The Morgan fingerprint density at radius 2 is 1.76 bits per heavy atom. The van der Waals surface area contributed by atoms with Gasteiger partial charge in [0.2, 0.25) is 0 Å². The highest BCUT2D eigenvalue weighted by molar-refractivity contribution is 7.81. The number of rotatable bonds is 14. The first-order valence-corrected chi connectivity index (χ1v) is 14.2. The second-order valence-electron chi connectivity index (χ2n) is 9.84. The summed E-state index contributed by atoms with van der Waals surface area (Å²) in [6, 6.07) is 12.4. The van der Waals surface area contributed by atoms with Crippen LogP contribution in [0.25, 0.3) is 11.1 Å². The van der Waals surface area contributed by atoms with Crippen LogP contribution >= 0.6 is 12.6 Å². The highest BCUT2D eigenvalue weighted by Crippen LogP contribution is 2.29. The molecule has 2 aromatic carbocycles. The maximum absolute atomic E-state index is 15.5. The maximum atomic E-state index is 15.5. The van der Waals surface area contributed by atoms with Gasteiger partial charge in [-0.25, -0.2) is 14.2 Å². The summed E-state index contributed by atoms with van der Waals surface area (Å²) in [6.07, 6.45) is 2.20. The third kappa shape index (κ3) is 9.18. The molecule has 226 valence electrons. The predicted octanol–water partition coefficient (Wildman–Crippen LogP) is 7.99. The van der Waals surface area contributed by atoms with Crippen molar-refractivity contribution in [1.29, 1.82) is 0 Å². The second-order valence-corrected chi connectivity index (χ2v) is 10.5. The van der Waals surface area contributed by atoms with Crippen LogP contribution in [0.2, 0.25) is 0 Å². The van der Waals surface area contributed by atoms with Gasteiger partial charge in [-0.05, 0) is 62.3 Å². The van der Waals surface area contributed by atoms with Crippen LogP contribution < -0.4 is 4.74 Å². The van der Waals surface area contributed by atoms with Crippen molar-refractivity contribution in [3.8, 4) is 17.1 Å². The van der Waals surface area contributed by atoms with E-state index in [1.54, 1.807) is 43.3 Å². The fourth-order valence-electron chi connectivity index (χ4n) is 4.60. The highest BCUT2D eigenvalue weighted by Gasteiger charge is 2.22. The van der Waals surface area contributed by atoms with Crippen LogP contribution in [-0.4, -0.2) is 39.8 Å². The summed E-state index contributed by atoms with van der Waals surface area (Å²) in [5.74, 6) is -0.376. The SMILES string of the molecule is C.C.CCOC(=O)c1ccccc1-c1ccc(Cn2c(OCC)nc(CC)c2CCC(=O)C(S)CC(C)C)c(F)c1. The average molecular weight is 587 g/mol. The Kier molecular flexibility index (Phi) is 14.9. The highest BCUT2D eigenvalue weighted by atomic mass is 32.1. The number of nitrogens with zero attached hydrogens (tertiary/aromatic N) is 2. The molecule has 0 N–H and O–H groups in total. The van der Waals surface area contributed by atoms with Crippen molar-refractivity contribution in [3.05, 3.63) is 70.8 Å². The minimum absolute atomic E-state index is 0. The molecule has 1 aromatic heterocycles. The van der Waals surface area contributed by atoms with Crippen molar-refractivity contribution < 1.29 is 23.5 Å². The van der Waals surface area contributed by atoms with Gasteiger partial charge in [0.05, 0.1) is 36.3 Å². The number of ketones is 1. The molecule has 1 atom stereocenters. The molecule has 0 amide bonds. The fraction of sp³-hybridized carbons (Fsp3) is 0.485. The van der Waals surface area contributed by atoms with E-state index < -0.39 is 11.8 Å². The lowest BCUT2D eigenvalue weighted by atomic mass is 9.98. The first kappa shape index (κ1) is 35.9. The number of esters is 1. The molecule has 0 saturated carbocycles. The molecular formula is C33H47FN2O4S. The lowest BCUT2D eigenvalue weighted by molar-refractivity contribution is -0.118. The number of hydrogen-bond acceptors (Lipinski definition) is 6. The first-order valence-electron chi connectivity index (χ1n) is 13.7. The van der Waals surface area contributed by atoms with Crippen LogP contribution in [0.1, 0.15) is 89.6 Å². The normalized spacial score (nSPS) is 11.4. The molecule has 0 saturated heterocycles. The second kappa shape index (κ2) is 17.0. The van der Waals surface area contributed by atoms with Gasteiger partial charge in [-0.3, -0.25) is 9.36 Å². The molecule has 41 heavy (non-hydrogen) atoms. The molecule has 0 bridgehead atoms. The minimum atomic E-state index is -0.444. The summed E-state index contributed by atoms with van der Waals surface area (Å²) in [5.41, 5.74) is 3.74. The molecule has 1 unspecified atom stereocenters. The largest absolute Gasteiger partial charge is 0.465 e. The van der Waals surface area contributed by atoms with Gasteiger partial charge >= 0.3 is 5.97 Å². The van der Waals surface area contributed by atoms with E-state index in [0.717, 1.165) is 17.8 Å². The van der Waals surface area contributed by atoms with E-state index in [1.807, 2.05) is 18.4 Å². The Bertz CT molecular complexity index is 1290. The summed E-state index contributed by atoms with van der Waals surface area (Å²) in [6.45, 7) is 10.7. The number of carbonyl (C=O) groups is 2. The Hall–Kier alpha value is -3.13. The number of halogens is 1. The van der Waals surface area contributed by atoms with E-state index in [2.05, 4.69) is 31.5 Å². The zero-order chi connectivity index (χ0) is 28.5. The van der Waals surface area contributed by atoms with Gasteiger partial charge in [0.15, 0.2) is 0 Å². The third-order valence-electron chi connectivity index (χ3n) is 6.52. The van der Waals surface area contributed by atoms with Gasteiger partial charge in [-0.2, -0.15) is 12.6 Å². The topological polar surface area (TPSA) is 70.4 Å². The van der Waals surface area contributed by atoms with E-state index in [1.165, 1.54) is 6.07 Å². The number of aryl methyl sites for hydroxylation is 1. The number of Topliss-reactive ketones (excluding diaryl/α,β-unsaturated/α-hetero) is 1. The van der Waals surface area contributed by atoms with Crippen LogP contribution in [0.5, 0.6) is 6.01 Å². The number of carbonyl (C=O) groups excluding carboxylic acids is 2. The fourth-order valence-corrected chi connectivity index (χ4v) is 5.15. The van der Waals surface area contributed by atoms with E-state index in [9.17, 15) is 9.59 Å². The van der Waals surface area contributed by atoms with Gasteiger partial charge in [-0.15, -0.1) is 0 Å². The van der Waals surface area contributed by atoms with Gasteiger partial charge in [-0.1, -0.05) is 66.0 Å². The van der Waals surface area contributed by atoms with Crippen molar-refractivity contribution in [2.75, 3.05) is 13.2 Å². The van der Waals surface area contributed by atoms with Gasteiger partial charge in [0.1, 0.15) is 11.6 Å². The van der Waals surface area contributed by atoms with Gasteiger partial charge in [0, 0.05) is 17.7 Å². The monoisotopic (exact) mass is 586 g/mol. The van der Waals surface area contributed by atoms with Crippen LogP contribution in [0.15, 0.2) is 42.5 Å². The molecule has 0 aliphatic carbocycles. The van der Waals surface area contributed by atoms with E-state index in [-0.39, 0.29) is 39.0 Å². The Morgan fingerprint density at radius 1 is 1.05 bits per heavy atom. The van der Waals surface area contributed by atoms with Crippen molar-refractivity contribution >= 4 is 24.4 Å². The molecule has 0 aliphatic rings. The first-order chi connectivity index (χ1) is 18.7. The Balaban J connectivity index is 0.00000420. The molecule has 6 nitrogen and oxygen atoms in total. The van der Waals surface area contributed by atoms with E-state index in [4.69, 9.17) is 9.47 Å². The molecule has 0 fully saturated rings. The van der Waals surface area contributed by atoms with Crippen LogP contribution in [0, 0.1) is 11.7 Å². The van der Waals surface area contributed by atoms with Crippen molar-refractivity contribution in [2.45, 2.75) is 86.9 Å². The predicted molar refractivity (Wildman–Crippen MR) is 169 cm³/mol. The van der Waals surface area contributed by atoms with Crippen molar-refractivity contribution in [3.63, 3.8) is 0 Å². The molecule has 8 heteroatoms. The third-order valence-corrected chi connectivity index (χ3v) is 7.02. The number of hydrogen-bond donors (Lipinski definition) is 1. The number of thiol groups is 1. The van der Waals surface area contributed by atoms with Crippen LogP contribution in [-0.2, 0) is 28.9 Å². The quantitative estimate of drug-likeness (QED) is 0.153. The molecular weight excluding hydrogens is 539 g/mol. The summed E-state index contributed by atoms with van der Waals surface area (Å²) in [5, 5.41) is -0.305. The maximum Gasteiger partial charge on any atom is 0.338 e. The molecule has 0 aliphatic heterocycles.